The lowest BCUT2D eigenvalue weighted by molar-refractivity contribution is -0.892. The van der Waals surface area contributed by atoms with Crippen LogP contribution in [-0.2, 0) is 9.53 Å². The summed E-state index contributed by atoms with van der Waals surface area (Å²) in [5, 5.41) is 11.6. The molecule has 0 radical (unpaired) electrons. The van der Waals surface area contributed by atoms with Crippen LogP contribution in [0.3, 0.4) is 0 Å². The first-order valence-corrected chi connectivity index (χ1v) is 8.80. The molecule has 1 amide bonds. The molecule has 0 bridgehead atoms. The van der Waals surface area contributed by atoms with Crippen LogP contribution in [0, 0.1) is 10.1 Å². The van der Waals surface area contributed by atoms with E-state index in [1.165, 1.54) is 11.0 Å². The largest absolute Gasteiger partial charge is 0.378 e. The number of halogens is 1. The molecule has 0 aliphatic carbocycles. The second-order valence-corrected chi connectivity index (χ2v) is 6.73. The second kappa shape index (κ2) is 7.99. The molecule has 8 nitrogen and oxygen atoms in total. The highest BCUT2D eigenvalue weighted by molar-refractivity contribution is 6.30. The molecule has 0 atom stereocenters. The fourth-order valence-electron chi connectivity index (χ4n) is 3.29. The Morgan fingerprint density at radius 2 is 1.92 bits per heavy atom. The standard InChI is InChI=1S/C16H21ClN4O4/c17-13-1-2-14(15(11-13)21(23)24)19-5-3-18(4-6-19)12-16(22)20-7-9-25-10-8-20/h1-2,11H,3-10,12H2/p+1. The first kappa shape index (κ1) is 17.9. The number of piperazine rings is 1. The number of nitro groups is 1. The van der Waals surface area contributed by atoms with Gasteiger partial charge in [-0.2, -0.15) is 0 Å². The number of rotatable bonds is 4. The van der Waals surface area contributed by atoms with Crippen molar-refractivity contribution in [3.63, 3.8) is 0 Å². The number of ether oxygens (including phenoxy) is 1. The van der Waals surface area contributed by atoms with Gasteiger partial charge in [0.15, 0.2) is 6.54 Å². The first-order valence-electron chi connectivity index (χ1n) is 8.42. The maximum absolute atomic E-state index is 12.3. The van der Waals surface area contributed by atoms with E-state index < -0.39 is 4.92 Å². The zero-order valence-corrected chi connectivity index (χ0v) is 14.7. The van der Waals surface area contributed by atoms with Gasteiger partial charge in [0.1, 0.15) is 5.69 Å². The van der Waals surface area contributed by atoms with Crippen LogP contribution in [0.15, 0.2) is 18.2 Å². The zero-order valence-electron chi connectivity index (χ0n) is 13.9. The average Bonchev–Trinajstić information content (AvgIpc) is 2.63. The Balaban J connectivity index is 1.57. The number of quaternary nitrogens is 1. The molecular formula is C16H22ClN4O4+. The third-order valence-electron chi connectivity index (χ3n) is 4.71. The minimum Gasteiger partial charge on any atom is -0.378 e. The van der Waals surface area contributed by atoms with Gasteiger partial charge < -0.3 is 19.4 Å². The molecule has 2 heterocycles. The molecule has 1 N–H and O–H groups in total. The molecule has 2 fully saturated rings. The number of amides is 1. The number of hydrogen-bond donors (Lipinski definition) is 1. The van der Waals surface area contributed by atoms with Crippen molar-refractivity contribution in [2.24, 2.45) is 0 Å². The van der Waals surface area contributed by atoms with Crippen LogP contribution in [0.1, 0.15) is 0 Å². The van der Waals surface area contributed by atoms with Gasteiger partial charge in [-0.3, -0.25) is 14.9 Å². The molecule has 2 saturated heterocycles. The molecule has 0 saturated carbocycles. The van der Waals surface area contributed by atoms with Gasteiger partial charge in [-0.05, 0) is 12.1 Å². The third kappa shape index (κ3) is 4.39. The highest BCUT2D eigenvalue weighted by Gasteiger charge is 2.28. The Labute approximate surface area is 151 Å². The van der Waals surface area contributed by atoms with E-state index in [2.05, 4.69) is 0 Å². The van der Waals surface area contributed by atoms with Crippen LogP contribution in [-0.4, -0.2) is 74.8 Å². The van der Waals surface area contributed by atoms with Crippen molar-refractivity contribution in [3.8, 4) is 0 Å². The first-order chi connectivity index (χ1) is 12.0. The van der Waals surface area contributed by atoms with Gasteiger partial charge in [0, 0.05) is 24.2 Å². The lowest BCUT2D eigenvalue weighted by Crippen LogP contribution is -3.16. The Morgan fingerprint density at radius 1 is 1.24 bits per heavy atom. The summed E-state index contributed by atoms with van der Waals surface area (Å²) < 4.78 is 5.27. The Bertz CT molecular complexity index is 643. The van der Waals surface area contributed by atoms with Crippen LogP contribution in [0.25, 0.3) is 0 Å². The summed E-state index contributed by atoms with van der Waals surface area (Å²) >= 11 is 5.88. The molecular weight excluding hydrogens is 348 g/mol. The van der Waals surface area contributed by atoms with Crippen molar-refractivity contribution < 1.29 is 19.4 Å². The van der Waals surface area contributed by atoms with Crippen molar-refractivity contribution in [2.75, 3.05) is 63.9 Å². The predicted octanol–water partition coefficient (Wildman–Crippen LogP) is -0.188. The summed E-state index contributed by atoms with van der Waals surface area (Å²) in [6, 6.07) is 4.76. The summed E-state index contributed by atoms with van der Waals surface area (Å²) in [5.74, 6) is 0.157. The molecule has 0 unspecified atom stereocenters. The third-order valence-corrected chi connectivity index (χ3v) is 4.95. The number of morpholine rings is 1. The summed E-state index contributed by atoms with van der Waals surface area (Å²) in [4.78, 5) is 28.3. The number of anilines is 1. The average molecular weight is 370 g/mol. The lowest BCUT2D eigenvalue weighted by Gasteiger charge is -2.34. The van der Waals surface area contributed by atoms with Crippen molar-refractivity contribution in [2.45, 2.75) is 0 Å². The summed E-state index contributed by atoms with van der Waals surface area (Å²) in [7, 11) is 0. The van der Waals surface area contributed by atoms with E-state index in [1.54, 1.807) is 12.1 Å². The fraction of sp³-hybridized carbons (Fsp3) is 0.562. The molecule has 25 heavy (non-hydrogen) atoms. The van der Waals surface area contributed by atoms with Gasteiger partial charge in [-0.1, -0.05) is 11.6 Å². The normalized spacial score (nSPS) is 19.1. The fourth-order valence-corrected chi connectivity index (χ4v) is 3.46. The van der Waals surface area contributed by atoms with Crippen molar-refractivity contribution in [3.05, 3.63) is 33.3 Å². The summed E-state index contributed by atoms with van der Waals surface area (Å²) in [6.45, 7) is 5.90. The van der Waals surface area contributed by atoms with Crippen LogP contribution in [0.5, 0.6) is 0 Å². The summed E-state index contributed by atoms with van der Waals surface area (Å²) in [6.07, 6.45) is 0. The van der Waals surface area contributed by atoms with Crippen molar-refractivity contribution >= 4 is 28.9 Å². The minimum absolute atomic E-state index is 0.0281. The molecule has 0 aromatic heterocycles. The van der Waals surface area contributed by atoms with Gasteiger partial charge in [-0.15, -0.1) is 0 Å². The predicted molar refractivity (Wildman–Crippen MR) is 93.3 cm³/mol. The number of benzene rings is 1. The molecule has 1 aromatic carbocycles. The van der Waals surface area contributed by atoms with Gasteiger partial charge in [0.2, 0.25) is 0 Å². The number of carbonyl (C=O) groups is 1. The number of hydrogen-bond acceptors (Lipinski definition) is 5. The molecule has 1 aromatic rings. The number of nitrogens with one attached hydrogen (secondary N) is 1. The topological polar surface area (TPSA) is 80.4 Å². The van der Waals surface area contributed by atoms with Crippen LogP contribution < -0.4 is 9.80 Å². The Hall–Kier alpha value is -1.90. The maximum Gasteiger partial charge on any atom is 0.294 e. The van der Waals surface area contributed by atoms with E-state index >= 15 is 0 Å². The summed E-state index contributed by atoms with van der Waals surface area (Å²) in [5.41, 5.74) is 0.619. The lowest BCUT2D eigenvalue weighted by atomic mass is 10.2. The van der Waals surface area contributed by atoms with Gasteiger partial charge in [0.05, 0.1) is 44.3 Å². The van der Waals surface area contributed by atoms with E-state index in [9.17, 15) is 14.9 Å². The van der Waals surface area contributed by atoms with Crippen LogP contribution >= 0.6 is 11.6 Å². The SMILES string of the molecule is O=C(C[NH+]1CCN(c2ccc(Cl)cc2[N+](=O)[O-])CC1)N1CCOCC1. The van der Waals surface area contributed by atoms with Gasteiger partial charge in [0.25, 0.3) is 11.6 Å². The van der Waals surface area contributed by atoms with E-state index in [-0.39, 0.29) is 11.6 Å². The van der Waals surface area contributed by atoms with E-state index in [0.29, 0.717) is 56.6 Å². The Kier molecular flexibility index (Phi) is 5.72. The quantitative estimate of drug-likeness (QED) is 0.588. The molecule has 2 aliphatic rings. The van der Waals surface area contributed by atoms with Gasteiger partial charge in [-0.25, -0.2) is 0 Å². The van der Waals surface area contributed by atoms with E-state index in [1.807, 2.05) is 9.80 Å². The molecule has 2 aliphatic heterocycles. The minimum atomic E-state index is -0.400. The Morgan fingerprint density at radius 3 is 2.56 bits per heavy atom. The van der Waals surface area contributed by atoms with E-state index in [4.69, 9.17) is 16.3 Å². The van der Waals surface area contributed by atoms with Gasteiger partial charge >= 0.3 is 0 Å². The van der Waals surface area contributed by atoms with Crippen LogP contribution in [0.4, 0.5) is 11.4 Å². The molecule has 0 spiro atoms. The zero-order chi connectivity index (χ0) is 17.8. The van der Waals surface area contributed by atoms with E-state index in [0.717, 1.165) is 13.1 Å². The smallest absolute Gasteiger partial charge is 0.294 e. The number of carbonyl (C=O) groups excluding carboxylic acids is 1. The molecule has 136 valence electrons. The monoisotopic (exact) mass is 369 g/mol. The second-order valence-electron chi connectivity index (χ2n) is 6.30. The number of nitrogens with zero attached hydrogens (tertiary/aromatic N) is 3. The van der Waals surface area contributed by atoms with Crippen molar-refractivity contribution in [1.29, 1.82) is 0 Å². The number of nitro benzene ring substituents is 1. The molecule has 3 rings (SSSR count). The van der Waals surface area contributed by atoms with Crippen LogP contribution in [0.2, 0.25) is 5.02 Å². The highest BCUT2D eigenvalue weighted by Crippen LogP contribution is 2.30. The molecule has 9 heteroatoms. The maximum atomic E-state index is 12.3. The highest BCUT2D eigenvalue weighted by atomic mass is 35.5. The van der Waals surface area contributed by atoms with Crippen molar-refractivity contribution in [1.82, 2.24) is 4.90 Å².